The van der Waals surface area contributed by atoms with Crippen LogP contribution in [0.1, 0.15) is 33.2 Å². The van der Waals surface area contributed by atoms with E-state index in [-0.39, 0.29) is 41.6 Å². The first kappa shape index (κ1) is 30.0. The van der Waals surface area contributed by atoms with Crippen molar-refractivity contribution in [1.82, 2.24) is 10.6 Å². The Hall–Kier alpha value is -4.22. The van der Waals surface area contributed by atoms with Gasteiger partial charge in [0.05, 0.1) is 17.7 Å². The van der Waals surface area contributed by atoms with E-state index < -0.39 is 30.3 Å². The first-order valence-corrected chi connectivity index (χ1v) is 11.3. The zero-order chi connectivity index (χ0) is 26.6. The molecule has 1 unspecified atom stereocenters. The number of hydrogen-bond donors (Lipinski definition) is 2. The third kappa shape index (κ3) is 9.34. The predicted molar refractivity (Wildman–Crippen MR) is 142 cm³/mol. The third-order valence-electron chi connectivity index (χ3n) is 4.81. The minimum Gasteiger partial charge on any atom is -0.424 e. The van der Waals surface area contributed by atoms with Gasteiger partial charge in [-0.05, 0) is 42.0 Å². The molecule has 0 saturated heterocycles. The highest BCUT2D eigenvalue weighted by molar-refractivity contribution is 8.93. The van der Waals surface area contributed by atoms with Crippen LogP contribution in [0.5, 0.6) is 11.5 Å². The Balaban J connectivity index is 0.00000507. The Morgan fingerprint density at radius 1 is 0.763 bits per heavy atom. The minimum absolute atomic E-state index is 0. The first-order chi connectivity index (χ1) is 17.9. The van der Waals surface area contributed by atoms with Crippen LogP contribution in [-0.2, 0) is 20.8 Å². The number of hydrogen-bond acceptors (Lipinski definition) is 9. The number of carbonyl (C=O) groups excluding carboxylic acids is 4. The molecule has 38 heavy (non-hydrogen) atoms. The van der Waals surface area contributed by atoms with Crippen molar-refractivity contribution in [2.75, 3.05) is 13.6 Å². The highest BCUT2D eigenvalue weighted by Gasteiger charge is 2.18. The molecule has 0 aliphatic heterocycles. The van der Waals surface area contributed by atoms with Gasteiger partial charge < -0.3 is 29.6 Å². The van der Waals surface area contributed by atoms with Crippen LogP contribution in [0.3, 0.4) is 0 Å². The van der Waals surface area contributed by atoms with Crippen molar-refractivity contribution in [3.63, 3.8) is 0 Å². The molecule has 0 spiro atoms. The Labute approximate surface area is 230 Å². The molecule has 0 saturated carbocycles. The summed E-state index contributed by atoms with van der Waals surface area (Å²) in [6.45, 7) is 1.43. The van der Waals surface area contributed by atoms with E-state index in [1.807, 2.05) is 0 Å². The zero-order valence-electron chi connectivity index (χ0n) is 20.7. The number of benzene rings is 3. The van der Waals surface area contributed by atoms with E-state index in [1.165, 1.54) is 26.1 Å². The third-order valence-corrected chi connectivity index (χ3v) is 4.81. The lowest BCUT2D eigenvalue weighted by Gasteiger charge is -2.14. The Morgan fingerprint density at radius 3 is 1.87 bits per heavy atom. The van der Waals surface area contributed by atoms with Crippen LogP contribution in [-0.4, -0.2) is 43.9 Å². The van der Waals surface area contributed by atoms with Crippen molar-refractivity contribution in [2.45, 2.75) is 19.8 Å². The average molecular weight is 587 g/mol. The second-order valence-electron chi connectivity index (χ2n) is 7.61. The molecule has 0 aromatic heterocycles. The molecule has 200 valence electrons. The molecular weight excluding hydrogens is 560 g/mol. The van der Waals surface area contributed by atoms with Crippen molar-refractivity contribution < 1.29 is 38.1 Å². The maximum absolute atomic E-state index is 12.7. The lowest BCUT2D eigenvalue weighted by atomic mass is 10.2. The fraction of sp³-hybridized carbons (Fsp3) is 0.185. The molecule has 11 heteroatoms. The maximum atomic E-state index is 12.7. The Kier molecular flexibility index (Phi) is 11.9. The molecule has 3 aromatic rings. The molecule has 0 bridgehead atoms. The molecule has 0 radical (unpaired) electrons. The molecule has 1 amide bonds. The van der Waals surface area contributed by atoms with Gasteiger partial charge in [-0.15, -0.1) is 17.0 Å². The number of alkyl carbamates (subject to hydrolysis) is 1. The molecular formula is C27H27BrN2O8. The number of ether oxygens (including phenoxy) is 4. The standard InChI is InChI=1S/C27H26N2O8.BrH/c1-18(35-27(33)28-2)34-24(30)17-29-16-19-13-14-22(36-25(31)20-9-5-3-6-10-20)23(15-19)37-26(32)21-11-7-4-8-12-21;/h3-15,18,29H,16-17H2,1-2H3,(H,28,33);1H. The van der Waals surface area contributed by atoms with Gasteiger partial charge in [0.15, 0.2) is 11.5 Å². The lowest BCUT2D eigenvalue weighted by molar-refractivity contribution is -0.163. The molecule has 1 atom stereocenters. The van der Waals surface area contributed by atoms with Crippen LogP contribution in [0.4, 0.5) is 4.79 Å². The smallest absolute Gasteiger partial charge is 0.409 e. The Morgan fingerprint density at radius 2 is 1.32 bits per heavy atom. The van der Waals surface area contributed by atoms with Gasteiger partial charge in [0.25, 0.3) is 0 Å². The summed E-state index contributed by atoms with van der Waals surface area (Å²) >= 11 is 0. The van der Waals surface area contributed by atoms with E-state index >= 15 is 0 Å². The topological polar surface area (TPSA) is 129 Å². The second-order valence-corrected chi connectivity index (χ2v) is 7.61. The molecule has 0 aliphatic rings. The van der Waals surface area contributed by atoms with E-state index in [2.05, 4.69) is 10.6 Å². The van der Waals surface area contributed by atoms with Gasteiger partial charge in [-0.3, -0.25) is 4.79 Å². The van der Waals surface area contributed by atoms with Crippen LogP contribution in [0.15, 0.2) is 78.9 Å². The van der Waals surface area contributed by atoms with Gasteiger partial charge in [-0.2, -0.15) is 0 Å². The van der Waals surface area contributed by atoms with E-state index in [9.17, 15) is 19.2 Å². The van der Waals surface area contributed by atoms with Gasteiger partial charge in [0.2, 0.25) is 6.29 Å². The van der Waals surface area contributed by atoms with Crippen LogP contribution < -0.4 is 20.1 Å². The predicted octanol–water partition coefficient (Wildman–Crippen LogP) is 4.04. The molecule has 3 rings (SSSR count). The molecule has 0 aliphatic carbocycles. The number of carbonyl (C=O) groups is 4. The van der Waals surface area contributed by atoms with Crippen LogP contribution in [0.2, 0.25) is 0 Å². The summed E-state index contributed by atoms with van der Waals surface area (Å²) in [7, 11) is 1.39. The molecule has 10 nitrogen and oxygen atoms in total. The van der Waals surface area contributed by atoms with E-state index in [4.69, 9.17) is 18.9 Å². The van der Waals surface area contributed by atoms with Crippen LogP contribution in [0, 0.1) is 0 Å². The first-order valence-electron chi connectivity index (χ1n) is 11.3. The summed E-state index contributed by atoms with van der Waals surface area (Å²) in [6.07, 6.45) is -1.78. The fourth-order valence-corrected chi connectivity index (χ4v) is 3.06. The molecule has 3 aromatic carbocycles. The molecule has 0 fully saturated rings. The Bertz CT molecular complexity index is 1240. The summed E-state index contributed by atoms with van der Waals surface area (Å²) in [6, 6.07) is 21.5. The highest BCUT2D eigenvalue weighted by Crippen LogP contribution is 2.30. The van der Waals surface area contributed by atoms with Crippen LogP contribution in [0.25, 0.3) is 0 Å². The number of nitrogens with one attached hydrogen (secondary N) is 2. The number of rotatable bonds is 10. The SMILES string of the molecule is Br.CNC(=O)OC(C)OC(=O)CNCc1ccc(OC(=O)c2ccccc2)c(OC(=O)c2ccccc2)c1. The van der Waals surface area contributed by atoms with Crippen molar-refractivity contribution in [3.05, 3.63) is 95.6 Å². The summed E-state index contributed by atoms with van der Waals surface area (Å²) in [4.78, 5) is 48.4. The average Bonchev–Trinajstić information content (AvgIpc) is 2.90. The minimum atomic E-state index is -1.06. The number of amides is 1. The van der Waals surface area contributed by atoms with Gasteiger partial charge in [-0.1, -0.05) is 42.5 Å². The van der Waals surface area contributed by atoms with Crippen molar-refractivity contribution in [1.29, 1.82) is 0 Å². The summed E-state index contributed by atoms with van der Waals surface area (Å²) in [5.41, 5.74) is 1.29. The molecule has 2 N–H and O–H groups in total. The van der Waals surface area contributed by atoms with Crippen molar-refractivity contribution in [2.24, 2.45) is 0 Å². The van der Waals surface area contributed by atoms with E-state index in [0.29, 0.717) is 16.7 Å². The zero-order valence-corrected chi connectivity index (χ0v) is 22.4. The van der Waals surface area contributed by atoms with Crippen LogP contribution >= 0.6 is 17.0 Å². The summed E-state index contributed by atoms with van der Waals surface area (Å²) in [5.74, 6) is -1.79. The van der Waals surface area contributed by atoms with Crippen molar-refractivity contribution >= 4 is 41.0 Å². The maximum Gasteiger partial charge on any atom is 0.409 e. The normalized spacial score (nSPS) is 10.8. The highest BCUT2D eigenvalue weighted by atomic mass is 79.9. The van der Waals surface area contributed by atoms with Crippen molar-refractivity contribution in [3.8, 4) is 11.5 Å². The van der Waals surface area contributed by atoms with Gasteiger partial charge in [0.1, 0.15) is 0 Å². The summed E-state index contributed by atoms with van der Waals surface area (Å²) < 4.78 is 20.8. The van der Waals surface area contributed by atoms with Gasteiger partial charge in [-0.25, -0.2) is 14.4 Å². The van der Waals surface area contributed by atoms with E-state index in [0.717, 1.165) is 0 Å². The summed E-state index contributed by atoms with van der Waals surface area (Å²) in [5, 5.41) is 5.15. The van der Waals surface area contributed by atoms with Gasteiger partial charge >= 0.3 is 24.0 Å². The quantitative estimate of drug-likeness (QED) is 0.205. The molecule has 0 heterocycles. The largest absolute Gasteiger partial charge is 0.424 e. The van der Waals surface area contributed by atoms with E-state index in [1.54, 1.807) is 66.7 Å². The monoisotopic (exact) mass is 586 g/mol. The number of esters is 3. The lowest BCUT2D eigenvalue weighted by Crippen LogP contribution is -2.31. The second kappa shape index (κ2) is 15.1. The fourth-order valence-electron chi connectivity index (χ4n) is 3.06. The number of halogens is 1. The van der Waals surface area contributed by atoms with Gasteiger partial charge in [0, 0.05) is 20.5 Å².